The van der Waals surface area contributed by atoms with Gasteiger partial charge in [-0.3, -0.25) is 4.79 Å². The fourth-order valence-electron chi connectivity index (χ4n) is 1.76. The Labute approximate surface area is 112 Å². The third kappa shape index (κ3) is 2.00. The highest BCUT2D eigenvalue weighted by Crippen LogP contribution is 2.36. The largest absolute Gasteiger partial charge is 0.496 e. The van der Waals surface area contributed by atoms with Crippen LogP contribution >= 0.6 is 11.6 Å². The second-order valence-corrected chi connectivity index (χ2v) is 5.97. The van der Waals surface area contributed by atoms with Crippen molar-refractivity contribution in [2.45, 2.75) is 38.9 Å². The molecule has 98 valence electrons. The van der Waals surface area contributed by atoms with E-state index in [-0.39, 0.29) is 10.6 Å². The lowest BCUT2D eigenvalue weighted by atomic mass is 9.79. The molecule has 0 aromatic carbocycles. The topological polar surface area (TPSA) is 40.5 Å². The van der Waals surface area contributed by atoms with Crippen molar-refractivity contribution < 1.29 is 9.31 Å². The van der Waals surface area contributed by atoms with Gasteiger partial charge in [0, 0.05) is 18.7 Å². The van der Waals surface area contributed by atoms with Crippen LogP contribution < -0.4 is 11.0 Å². The number of aryl methyl sites for hydroxylation is 1. The Morgan fingerprint density at radius 3 is 2.22 bits per heavy atom. The molecule has 1 saturated heterocycles. The second-order valence-electron chi connectivity index (χ2n) is 5.59. The molecular weight excluding hydrogens is 252 g/mol. The van der Waals surface area contributed by atoms with E-state index in [9.17, 15) is 4.79 Å². The third-order valence-electron chi connectivity index (χ3n) is 3.75. The minimum atomic E-state index is -0.601. The lowest BCUT2D eigenvalue weighted by Gasteiger charge is -2.32. The van der Waals surface area contributed by atoms with Crippen LogP contribution in [0, 0.1) is 0 Å². The molecule has 0 atom stereocenters. The highest BCUT2D eigenvalue weighted by molar-refractivity contribution is 6.65. The molecule has 1 aromatic heterocycles. The molecule has 1 fully saturated rings. The predicted octanol–water partition coefficient (Wildman–Crippen LogP) is 1.34. The van der Waals surface area contributed by atoms with Gasteiger partial charge in [-0.05, 0) is 33.8 Å². The molecule has 1 aromatic rings. The molecule has 1 aliphatic rings. The van der Waals surface area contributed by atoms with Gasteiger partial charge in [0.25, 0.3) is 5.56 Å². The maximum atomic E-state index is 11.8. The van der Waals surface area contributed by atoms with Crippen molar-refractivity contribution in [1.29, 1.82) is 0 Å². The van der Waals surface area contributed by atoms with E-state index in [0.29, 0.717) is 5.46 Å². The van der Waals surface area contributed by atoms with E-state index in [1.807, 2.05) is 27.7 Å². The molecule has 0 spiro atoms. The Balaban J connectivity index is 2.42. The van der Waals surface area contributed by atoms with Crippen molar-refractivity contribution in [3.05, 3.63) is 27.6 Å². The molecule has 0 aliphatic carbocycles. The Bertz CT molecular complexity index is 523. The van der Waals surface area contributed by atoms with Crippen LogP contribution in [-0.2, 0) is 16.4 Å². The zero-order valence-electron chi connectivity index (χ0n) is 11.3. The van der Waals surface area contributed by atoms with Crippen molar-refractivity contribution in [3.63, 3.8) is 0 Å². The minimum Gasteiger partial charge on any atom is -0.399 e. The van der Waals surface area contributed by atoms with Gasteiger partial charge in [0.15, 0.2) is 0 Å². The number of hydrogen-bond acceptors (Lipinski definition) is 3. The van der Waals surface area contributed by atoms with Gasteiger partial charge in [0.1, 0.15) is 5.02 Å². The van der Waals surface area contributed by atoms with Crippen LogP contribution in [0.25, 0.3) is 0 Å². The lowest BCUT2D eigenvalue weighted by Crippen LogP contribution is -2.41. The molecule has 2 heterocycles. The van der Waals surface area contributed by atoms with E-state index in [0.717, 1.165) is 0 Å². The van der Waals surface area contributed by atoms with Gasteiger partial charge in [-0.15, -0.1) is 0 Å². The monoisotopic (exact) mass is 269 g/mol. The van der Waals surface area contributed by atoms with E-state index >= 15 is 0 Å². The molecule has 0 unspecified atom stereocenters. The van der Waals surface area contributed by atoms with E-state index < -0.39 is 18.3 Å². The van der Waals surface area contributed by atoms with Crippen LogP contribution in [0.1, 0.15) is 27.7 Å². The summed E-state index contributed by atoms with van der Waals surface area (Å²) in [4.78, 5) is 11.8. The zero-order valence-corrected chi connectivity index (χ0v) is 12.0. The smallest absolute Gasteiger partial charge is 0.399 e. The molecule has 6 heteroatoms. The lowest BCUT2D eigenvalue weighted by molar-refractivity contribution is 0.00578. The normalized spacial score (nSPS) is 21.3. The van der Waals surface area contributed by atoms with Gasteiger partial charge in [-0.1, -0.05) is 11.6 Å². The van der Waals surface area contributed by atoms with Crippen molar-refractivity contribution in [2.75, 3.05) is 0 Å². The van der Waals surface area contributed by atoms with Crippen LogP contribution in [0.5, 0.6) is 0 Å². The number of hydrogen-bond donors (Lipinski definition) is 0. The summed E-state index contributed by atoms with van der Waals surface area (Å²) in [5.74, 6) is 0. The molecule has 18 heavy (non-hydrogen) atoms. The fraction of sp³-hybridized carbons (Fsp3) is 0.583. The van der Waals surface area contributed by atoms with Crippen molar-refractivity contribution in [2.24, 2.45) is 7.05 Å². The SMILES string of the molecule is Cn1ccc(B2OC(C)(C)C(C)(C)O2)c(Cl)c1=O. The molecule has 0 saturated carbocycles. The first-order chi connectivity index (χ1) is 8.16. The summed E-state index contributed by atoms with van der Waals surface area (Å²) in [6.45, 7) is 7.84. The van der Waals surface area contributed by atoms with Crippen molar-refractivity contribution in [3.8, 4) is 0 Å². The fourth-order valence-corrected chi connectivity index (χ4v) is 2.05. The van der Waals surface area contributed by atoms with Crippen LogP contribution in [0.4, 0.5) is 0 Å². The van der Waals surface area contributed by atoms with Crippen molar-refractivity contribution >= 4 is 24.2 Å². The van der Waals surface area contributed by atoms with Gasteiger partial charge in [-0.25, -0.2) is 0 Å². The average Bonchev–Trinajstić information content (AvgIpc) is 2.45. The number of pyridine rings is 1. The Morgan fingerprint density at radius 1 is 1.22 bits per heavy atom. The predicted molar refractivity (Wildman–Crippen MR) is 72.4 cm³/mol. The minimum absolute atomic E-state index is 0.151. The summed E-state index contributed by atoms with van der Waals surface area (Å²) in [7, 11) is 1.05. The Morgan fingerprint density at radius 2 is 1.72 bits per heavy atom. The average molecular weight is 270 g/mol. The summed E-state index contributed by atoms with van der Waals surface area (Å²) in [5.41, 5.74) is -0.549. The molecule has 0 amide bonds. The Kier molecular flexibility index (Phi) is 3.12. The standard InChI is InChI=1S/C12H17BClNO3/c1-11(2)12(3,4)18-13(17-11)8-6-7-15(5)10(16)9(8)14/h6-7H,1-5H3. The first-order valence-corrected chi connectivity index (χ1v) is 6.24. The maximum Gasteiger partial charge on any atom is 0.496 e. The first kappa shape index (κ1) is 13.7. The van der Waals surface area contributed by atoms with E-state index in [4.69, 9.17) is 20.9 Å². The van der Waals surface area contributed by atoms with Gasteiger partial charge < -0.3 is 13.9 Å². The molecule has 2 rings (SSSR count). The second kappa shape index (κ2) is 4.12. The number of aromatic nitrogens is 1. The first-order valence-electron chi connectivity index (χ1n) is 5.86. The van der Waals surface area contributed by atoms with Crippen molar-refractivity contribution in [1.82, 2.24) is 4.57 Å². The van der Waals surface area contributed by atoms with Gasteiger partial charge >= 0.3 is 7.12 Å². The quantitative estimate of drug-likeness (QED) is 0.722. The number of halogens is 1. The summed E-state index contributed by atoms with van der Waals surface area (Å²) >= 11 is 6.07. The molecule has 0 bridgehead atoms. The van der Waals surface area contributed by atoms with E-state index in [2.05, 4.69) is 0 Å². The van der Waals surface area contributed by atoms with Crippen LogP contribution in [0.2, 0.25) is 5.02 Å². The Hall–Kier alpha value is -0.775. The molecule has 4 nitrogen and oxygen atoms in total. The summed E-state index contributed by atoms with van der Waals surface area (Å²) in [6, 6.07) is 1.76. The van der Waals surface area contributed by atoms with Gasteiger partial charge in [-0.2, -0.15) is 0 Å². The van der Waals surface area contributed by atoms with E-state index in [1.165, 1.54) is 4.57 Å². The van der Waals surface area contributed by atoms with Crippen LogP contribution in [0.15, 0.2) is 17.1 Å². The molecule has 0 N–H and O–H groups in total. The van der Waals surface area contributed by atoms with E-state index in [1.54, 1.807) is 19.3 Å². The van der Waals surface area contributed by atoms with Gasteiger partial charge in [0.05, 0.1) is 11.2 Å². The highest BCUT2D eigenvalue weighted by atomic mass is 35.5. The third-order valence-corrected chi connectivity index (χ3v) is 4.13. The zero-order chi connectivity index (χ0) is 13.7. The molecule has 0 radical (unpaired) electrons. The highest BCUT2D eigenvalue weighted by Gasteiger charge is 2.52. The van der Waals surface area contributed by atoms with Crippen LogP contribution in [-0.4, -0.2) is 22.9 Å². The molecular formula is C12H17BClNO3. The number of nitrogens with zero attached hydrogens (tertiary/aromatic N) is 1. The number of rotatable bonds is 1. The summed E-state index contributed by atoms with van der Waals surface area (Å²) in [5, 5.41) is 0.151. The van der Waals surface area contributed by atoms with Crippen LogP contribution in [0.3, 0.4) is 0 Å². The molecule has 1 aliphatic heterocycles. The van der Waals surface area contributed by atoms with Gasteiger partial charge in [0.2, 0.25) is 0 Å². The maximum absolute atomic E-state index is 11.8. The summed E-state index contributed by atoms with van der Waals surface area (Å²) in [6.07, 6.45) is 1.66. The summed E-state index contributed by atoms with van der Waals surface area (Å²) < 4.78 is 13.2.